The molecule has 26 heavy (non-hydrogen) atoms. The number of likely N-dealkylation sites (tertiary alicyclic amines) is 1. The Hall–Kier alpha value is -0.450. The number of guanidine groups is 1. The lowest BCUT2D eigenvalue weighted by Crippen LogP contribution is -2.49. The van der Waals surface area contributed by atoms with Gasteiger partial charge in [-0.15, -0.1) is 35.3 Å². The number of ether oxygens (including phenoxy) is 1. The number of rotatable bonds is 9. The summed E-state index contributed by atoms with van der Waals surface area (Å²) >= 11 is 1.76. The maximum Gasteiger partial charge on any atom is 0.191 e. The van der Waals surface area contributed by atoms with Gasteiger partial charge in [0.2, 0.25) is 0 Å². The molecule has 0 spiro atoms. The molecule has 0 bridgehead atoms. The predicted octanol–water partition coefficient (Wildman–Crippen LogP) is 2.67. The smallest absolute Gasteiger partial charge is 0.191 e. The van der Waals surface area contributed by atoms with E-state index in [4.69, 9.17) is 9.73 Å². The van der Waals surface area contributed by atoms with Crippen molar-refractivity contribution in [1.29, 1.82) is 0 Å². The molecule has 0 unspecified atom stereocenters. The Bertz CT molecular complexity index is 517. The number of aliphatic imine (C=N–C) groups is 1. The number of aromatic nitrogens is 1. The van der Waals surface area contributed by atoms with Gasteiger partial charge >= 0.3 is 0 Å². The zero-order chi connectivity index (χ0) is 17.9. The number of thiazole rings is 1. The molecule has 0 aliphatic carbocycles. The van der Waals surface area contributed by atoms with Crippen LogP contribution in [0.1, 0.15) is 36.1 Å². The van der Waals surface area contributed by atoms with Crippen molar-refractivity contribution in [2.24, 2.45) is 4.99 Å². The van der Waals surface area contributed by atoms with Gasteiger partial charge in [0.1, 0.15) is 0 Å². The molecular weight excluding hydrogens is 461 g/mol. The van der Waals surface area contributed by atoms with E-state index in [9.17, 15) is 0 Å². The van der Waals surface area contributed by atoms with E-state index >= 15 is 0 Å². The first-order valence-electron chi connectivity index (χ1n) is 9.38. The Morgan fingerprint density at radius 3 is 2.81 bits per heavy atom. The second-order valence-electron chi connectivity index (χ2n) is 6.48. The minimum absolute atomic E-state index is 0. The number of methoxy groups -OCH3 is 1. The molecule has 2 heterocycles. The van der Waals surface area contributed by atoms with Gasteiger partial charge in [0.15, 0.2) is 5.96 Å². The van der Waals surface area contributed by atoms with Crippen LogP contribution in [0.2, 0.25) is 0 Å². The summed E-state index contributed by atoms with van der Waals surface area (Å²) in [5.74, 6) is 0.939. The number of hydrogen-bond acceptors (Lipinski definition) is 5. The fraction of sp³-hybridized carbons (Fsp3) is 0.778. The van der Waals surface area contributed by atoms with Crippen LogP contribution in [0.5, 0.6) is 0 Å². The van der Waals surface area contributed by atoms with E-state index in [0.29, 0.717) is 6.04 Å². The van der Waals surface area contributed by atoms with Gasteiger partial charge in [-0.1, -0.05) is 0 Å². The first kappa shape index (κ1) is 23.6. The molecule has 0 radical (unpaired) electrons. The van der Waals surface area contributed by atoms with Crippen LogP contribution in [0.25, 0.3) is 0 Å². The summed E-state index contributed by atoms with van der Waals surface area (Å²) in [7, 11) is 1.77. The number of nitrogens with one attached hydrogen (secondary N) is 2. The van der Waals surface area contributed by atoms with Crippen molar-refractivity contribution in [2.45, 2.75) is 45.6 Å². The van der Waals surface area contributed by atoms with Crippen molar-refractivity contribution >= 4 is 41.3 Å². The van der Waals surface area contributed by atoms with E-state index in [-0.39, 0.29) is 24.0 Å². The van der Waals surface area contributed by atoms with Gasteiger partial charge in [0, 0.05) is 70.0 Å². The molecule has 1 aliphatic rings. The minimum Gasteiger partial charge on any atom is -0.385 e. The van der Waals surface area contributed by atoms with Crippen molar-refractivity contribution < 1.29 is 4.74 Å². The van der Waals surface area contributed by atoms with Crippen LogP contribution in [0.3, 0.4) is 0 Å². The predicted molar refractivity (Wildman–Crippen MR) is 121 cm³/mol. The highest BCUT2D eigenvalue weighted by molar-refractivity contribution is 14.0. The van der Waals surface area contributed by atoms with Gasteiger partial charge in [-0.2, -0.15) is 0 Å². The van der Waals surface area contributed by atoms with Crippen LogP contribution in [-0.2, 0) is 11.2 Å². The van der Waals surface area contributed by atoms with Gasteiger partial charge in [-0.3, -0.25) is 4.99 Å². The van der Waals surface area contributed by atoms with Crippen LogP contribution in [0.15, 0.2) is 11.2 Å². The van der Waals surface area contributed by atoms with Gasteiger partial charge < -0.3 is 20.3 Å². The molecule has 1 aliphatic heterocycles. The van der Waals surface area contributed by atoms with E-state index in [1.807, 2.05) is 6.20 Å². The van der Waals surface area contributed by atoms with Crippen LogP contribution in [0.4, 0.5) is 0 Å². The normalized spacial score (nSPS) is 16.3. The third-order valence-corrected chi connectivity index (χ3v) is 5.33. The molecule has 1 aromatic rings. The zero-order valence-corrected chi connectivity index (χ0v) is 19.4. The first-order valence-corrected chi connectivity index (χ1v) is 10.2. The van der Waals surface area contributed by atoms with Crippen molar-refractivity contribution in [3.8, 4) is 0 Å². The van der Waals surface area contributed by atoms with E-state index in [1.165, 1.54) is 22.7 Å². The molecule has 0 amide bonds. The van der Waals surface area contributed by atoms with Gasteiger partial charge in [0.25, 0.3) is 0 Å². The Balaban J connectivity index is 0.00000338. The molecule has 6 nitrogen and oxygen atoms in total. The Morgan fingerprint density at radius 1 is 1.42 bits per heavy atom. The first-order chi connectivity index (χ1) is 12.2. The highest BCUT2D eigenvalue weighted by atomic mass is 127. The summed E-state index contributed by atoms with van der Waals surface area (Å²) in [6, 6.07) is 0.513. The number of nitrogens with zero attached hydrogens (tertiary/aromatic N) is 3. The van der Waals surface area contributed by atoms with Crippen molar-refractivity contribution in [3.05, 3.63) is 16.1 Å². The largest absolute Gasteiger partial charge is 0.385 e. The SMILES string of the molecule is CCNC(=NCCc1ncc(C)s1)NC1CCN(CCCOC)CC1.I. The standard InChI is InChI=1S/C18H33N5OS.HI/c1-4-19-18(20-9-6-17-21-14-15(2)25-17)22-16-7-11-23(12-8-16)10-5-13-24-3;/h14,16H,4-13H2,1-3H3,(H2,19,20,22);1H. The molecule has 8 heteroatoms. The molecule has 2 rings (SSSR count). The molecule has 0 aromatic carbocycles. The molecule has 1 aromatic heterocycles. The lowest BCUT2D eigenvalue weighted by Gasteiger charge is -2.33. The van der Waals surface area contributed by atoms with Gasteiger partial charge in [-0.25, -0.2) is 4.98 Å². The highest BCUT2D eigenvalue weighted by Crippen LogP contribution is 2.12. The van der Waals surface area contributed by atoms with Crippen LogP contribution in [-0.4, -0.2) is 68.3 Å². The Kier molecular flexibility index (Phi) is 12.4. The fourth-order valence-corrected chi connectivity index (χ4v) is 3.80. The fourth-order valence-electron chi connectivity index (χ4n) is 3.03. The number of halogens is 1. The second-order valence-corrected chi connectivity index (χ2v) is 7.80. The van der Waals surface area contributed by atoms with Gasteiger partial charge in [-0.05, 0) is 33.1 Å². The van der Waals surface area contributed by atoms with Crippen molar-refractivity contribution in [3.63, 3.8) is 0 Å². The van der Waals surface area contributed by atoms with Crippen LogP contribution in [0, 0.1) is 6.92 Å². The zero-order valence-electron chi connectivity index (χ0n) is 16.3. The van der Waals surface area contributed by atoms with E-state index < -0.39 is 0 Å². The lowest BCUT2D eigenvalue weighted by atomic mass is 10.1. The molecule has 1 saturated heterocycles. The summed E-state index contributed by atoms with van der Waals surface area (Å²) in [6.07, 6.45) is 6.31. The lowest BCUT2D eigenvalue weighted by molar-refractivity contribution is 0.155. The molecule has 2 N–H and O–H groups in total. The molecule has 0 atom stereocenters. The molecule has 1 fully saturated rings. The third kappa shape index (κ3) is 8.96. The monoisotopic (exact) mass is 495 g/mol. The number of piperidine rings is 1. The van der Waals surface area contributed by atoms with Crippen molar-refractivity contribution in [1.82, 2.24) is 20.5 Å². The van der Waals surface area contributed by atoms with E-state index in [0.717, 1.165) is 58.1 Å². The Labute approximate surface area is 179 Å². The average Bonchev–Trinajstić information content (AvgIpc) is 3.02. The van der Waals surface area contributed by atoms with E-state index in [1.54, 1.807) is 18.4 Å². The minimum atomic E-state index is 0. The second kappa shape index (κ2) is 13.7. The molecular formula is C18H34IN5OS. The van der Waals surface area contributed by atoms with E-state index in [2.05, 4.69) is 34.4 Å². The van der Waals surface area contributed by atoms with Crippen LogP contribution >= 0.6 is 35.3 Å². The summed E-state index contributed by atoms with van der Waals surface area (Å²) in [5.41, 5.74) is 0. The quantitative estimate of drug-likeness (QED) is 0.239. The van der Waals surface area contributed by atoms with Gasteiger partial charge in [0.05, 0.1) is 5.01 Å². The number of aryl methyl sites for hydroxylation is 1. The maximum atomic E-state index is 5.14. The summed E-state index contributed by atoms with van der Waals surface area (Å²) in [5, 5.41) is 8.14. The summed E-state index contributed by atoms with van der Waals surface area (Å²) in [6.45, 7) is 10.2. The van der Waals surface area contributed by atoms with Crippen LogP contribution < -0.4 is 10.6 Å². The topological polar surface area (TPSA) is 61.8 Å². The van der Waals surface area contributed by atoms with Crippen molar-refractivity contribution in [2.75, 3.05) is 46.4 Å². The highest BCUT2D eigenvalue weighted by Gasteiger charge is 2.19. The summed E-state index contributed by atoms with van der Waals surface area (Å²) in [4.78, 5) is 12.9. The third-order valence-electron chi connectivity index (χ3n) is 4.36. The number of hydrogen-bond donors (Lipinski definition) is 2. The maximum absolute atomic E-state index is 5.14. The average molecular weight is 495 g/mol. The molecule has 150 valence electrons. The summed E-state index contributed by atoms with van der Waals surface area (Å²) < 4.78 is 5.14. The molecule has 0 saturated carbocycles. The Morgan fingerprint density at radius 2 is 2.19 bits per heavy atom.